The van der Waals surface area contributed by atoms with Gasteiger partial charge in [-0.1, -0.05) is 41.4 Å². The standard InChI is InChI=1S/C23H22Cl2F3N3O2/c1-33-12-11-31(22(32)29-20-9-3-8-19(24)21(20)25)15-18-7-4-10-30(18)14-16-5-2-6-17(13-16)23(26,27)28/h2-10,13H,11-12,14-15H2,1H3,(H,29,32). The molecule has 0 atom stereocenters. The van der Waals surface area contributed by atoms with Crippen molar-refractivity contribution in [3.63, 3.8) is 0 Å². The lowest BCUT2D eigenvalue weighted by Gasteiger charge is -2.24. The molecule has 5 nitrogen and oxygen atoms in total. The summed E-state index contributed by atoms with van der Waals surface area (Å²) >= 11 is 12.2. The van der Waals surface area contributed by atoms with Crippen molar-refractivity contribution in [1.82, 2.24) is 9.47 Å². The van der Waals surface area contributed by atoms with Crippen LogP contribution in [0.3, 0.4) is 0 Å². The number of hydrogen-bond donors (Lipinski definition) is 1. The third-order valence-electron chi connectivity index (χ3n) is 4.93. The predicted molar refractivity (Wildman–Crippen MR) is 123 cm³/mol. The van der Waals surface area contributed by atoms with E-state index in [-0.39, 0.29) is 24.7 Å². The molecule has 0 unspecified atom stereocenters. The highest BCUT2D eigenvalue weighted by atomic mass is 35.5. The molecule has 3 aromatic rings. The first-order valence-corrected chi connectivity index (χ1v) is 10.7. The first-order valence-electron chi connectivity index (χ1n) is 9.98. The molecule has 0 aliphatic carbocycles. The molecular formula is C23H22Cl2F3N3O2. The Morgan fingerprint density at radius 1 is 1.12 bits per heavy atom. The van der Waals surface area contributed by atoms with Gasteiger partial charge in [-0.25, -0.2) is 4.79 Å². The highest BCUT2D eigenvalue weighted by Gasteiger charge is 2.30. The number of hydrogen-bond acceptors (Lipinski definition) is 2. The molecule has 33 heavy (non-hydrogen) atoms. The zero-order chi connectivity index (χ0) is 24.0. The number of methoxy groups -OCH3 is 1. The minimum absolute atomic E-state index is 0.208. The molecule has 2 amide bonds. The Bertz CT molecular complexity index is 1100. The fourth-order valence-corrected chi connectivity index (χ4v) is 3.58. The SMILES string of the molecule is COCCN(Cc1cccn1Cc1cccc(C(F)(F)F)c1)C(=O)Nc1cccc(Cl)c1Cl. The molecule has 10 heteroatoms. The molecule has 0 saturated carbocycles. The summed E-state index contributed by atoms with van der Waals surface area (Å²) in [5.41, 5.74) is 0.917. The van der Waals surface area contributed by atoms with Gasteiger partial charge in [-0.15, -0.1) is 0 Å². The summed E-state index contributed by atoms with van der Waals surface area (Å²) in [6.45, 7) is 1.02. The molecule has 0 radical (unpaired) electrons. The molecule has 1 heterocycles. The largest absolute Gasteiger partial charge is 0.416 e. The van der Waals surface area contributed by atoms with Crippen molar-refractivity contribution < 1.29 is 22.7 Å². The van der Waals surface area contributed by atoms with E-state index in [4.69, 9.17) is 27.9 Å². The molecule has 1 N–H and O–H groups in total. The molecule has 2 aromatic carbocycles. The number of halogens is 5. The molecule has 1 aromatic heterocycles. The minimum atomic E-state index is -4.41. The number of aromatic nitrogens is 1. The molecule has 0 spiro atoms. The van der Waals surface area contributed by atoms with Crippen LogP contribution < -0.4 is 5.32 Å². The van der Waals surface area contributed by atoms with Crippen molar-refractivity contribution in [2.75, 3.05) is 25.6 Å². The molecule has 176 valence electrons. The lowest BCUT2D eigenvalue weighted by Crippen LogP contribution is -2.37. The molecule has 3 rings (SSSR count). The van der Waals surface area contributed by atoms with Crippen molar-refractivity contribution in [1.29, 1.82) is 0 Å². The van der Waals surface area contributed by atoms with Crippen LogP contribution >= 0.6 is 23.2 Å². The summed E-state index contributed by atoms with van der Waals surface area (Å²) < 4.78 is 46.1. The number of carbonyl (C=O) groups excluding carboxylic acids is 1. The van der Waals surface area contributed by atoms with E-state index in [1.54, 1.807) is 41.1 Å². The smallest absolute Gasteiger partial charge is 0.383 e. The van der Waals surface area contributed by atoms with Crippen LogP contribution in [-0.4, -0.2) is 35.8 Å². The Hall–Kier alpha value is -2.68. The summed E-state index contributed by atoms with van der Waals surface area (Å²) in [5, 5.41) is 3.29. The highest BCUT2D eigenvalue weighted by Crippen LogP contribution is 2.31. The van der Waals surface area contributed by atoms with Gasteiger partial charge in [0.05, 0.1) is 34.4 Å². The number of anilines is 1. The van der Waals surface area contributed by atoms with E-state index in [9.17, 15) is 18.0 Å². The molecular weight excluding hydrogens is 478 g/mol. The first kappa shape index (κ1) is 25.0. The average Bonchev–Trinajstić information content (AvgIpc) is 3.20. The number of nitrogens with one attached hydrogen (secondary N) is 1. The van der Waals surface area contributed by atoms with Gasteiger partial charge in [0.2, 0.25) is 0 Å². The highest BCUT2D eigenvalue weighted by molar-refractivity contribution is 6.43. The summed E-state index contributed by atoms with van der Waals surface area (Å²) in [4.78, 5) is 14.5. The molecule has 0 saturated heterocycles. The van der Waals surface area contributed by atoms with E-state index in [0.717, 1.165) is 17.8 Å². The third kappa shape index (κ3) is 6.66. The number of carbonyl (C=O) groups is 1. The van der Waals surface area contributed by atoms with Gasteiger partial charge < -0.3 is 19.5 Å². The summed E-state index contributed by atoms with van der Waals surface area (Å²) in [7, 11) is 1.53. The molecule has 0 aliphatic rings. The molecule has 0 fully saturated rings. The lowest BCUT2D eigenvalue weighted by atomic mass is 10.1. The van der Waals surface area contributed by atoms with Crippen LogP contribution in [0.2, 0.25) is 10.0 Å². The summed E-state index contributed by atoms with van der Waals surface area (Å²) in [6, 6.07) is 13.3. The van der Waals surface area contributed by atoms with Gasteiger partial charge in [-0.3, -0.25) is 0 Å². The van der Waals surface area contributed by atoms with Gasteiger partial charge in [0.25, 0.3) is 0 Å². The van der Waals surface area contributed by atoms with E-state index in [0.29, 0.717) is 22.9 Å². The second-order valence-electron chi connectivity index (χ2n) is 7.27. The van der Waals surface area contributed by atoms with Crippen LogP contribution in [-0.2, 0) is 24.0 Å². The fraction of sp³-hybridized carbons (Fsp3) is 0.261. The van der Waals surface area contributed by atoms with Crippen LogP contribution in [0.25, 0.3) is 0 Å². The number of urea groups is 1. The number of amides is 2. The van der Waals surface area contributed by atoms with Crippen LogP contribution in [0.1, 0.15) is 16.8 Å². The van der Waals surface area contributed by atoms with E-state index >= 15 is 0 Å². The maximum absolute atomic E-state index is 13.1. The Balaban J connectivity index is 1.77. The zero-order valence-electron chi connectivity index (χ0n) is 17.7. The average molecular weight is 500 g/mol. The number of benzene rings is 2. The van der Waals surface area contributed by atoms with Crippen LogP contribution in [0.5, 0.6) is 0 Å². The topological polar surface area (TPSA) is 46.5 Å². The number of rotatable bonds is 8. The maximum Gasteiger partial charge on any atom is 0.416 e. The van der Waals surface area contributed by atoms with Crippen molar-refractivity contribution in [2.45, 2.75) is 19.3 Å². The van der Waals surface area contributed by atoms with Gasteiger partial charge in [-0.05, 0) is 42.0 Å². The summed E-state index contributed by atoms with van der Waals surface area (Å²) in [6.07, 6.45) is -2.65. The molecule has 0 aliphatic heterocycles. The second kappa shape index (κ2) is 11.0. The normalized spacial score (nSPS) is 11.5. The van der Waals surface area contributed by atoms with E-state index in [1.165, 1.54) is 18.1 Å². The summed E-state index contributed by atoms with van der Waals surface area (Å²) in [5.74, 6) is 0. The first-order chi connectivity index (χ1) is 15.7. The number of alkyl halides is 3. The Morgan fingerprint density at radius 3 is 2.61 bits per heavy atom. The molecule has 0 bridgehead atoms. The van der Waals surface area contributed by atoms with Crippen LogP contribution in [0.4, 0.5) is 23.7 Å². The van der Waals surface area contributed by atoms with Crippen molar-refractivity contribution >= 4 is 34.9 Å². The lowest BCUT2D eigenvalue weighted by molar-refractivity contribution is -0.137. The maximum atomic E-state index is 13.1. The number of ether oxygens (including phenoxy) is 1. The quantitative estimate of drug-likeness (QED) is 0.382. The van der Waals surface area contributed by atoms with Crippen LogP contribution in [0.15, 0.2) is 60.8 Å². The zero-order valence-corrected chi connectivity index (χ0v) is 19.2. The fourth-order valence-electron chi connectivity index (χ4n) is 3.23. The Morgan fingerprint density at radius 2 is 1.88 bits per heavy atom. The van der Waals surface area contributed by atoms with Gasteiger partial charge in [-0.2, -0.15) is 13.2 Å². The second-order valence-corrected chi connectivity index (χ2v) is 8.06. The van der Waals surface area contributed by atoms with Crippen molar-refractivity contribution in [3.05, 3.63) is 87.7 Å². The van der Waals surface area contributed by atoms with Crippen LogP contribution in [0, 0.1) is 0 Å². The third-order valence-corrected chi connectivity index (χ3v) is 5.75. The predicted octanol–water partition coefficient (Wildman–Crippen LogP) is 6.54. The van der Waals surface area contributed by atoms with Gasteiger partial charge in [0.1, 0.15) is 0 Å². The van der Waals surface area contributed by atoms with Crippen molar-refractivity contribution in [2.24, 2.45) is 0 Å². The van der Waals surface area contributed by atoms with E-state index < -0.39 is 17.8 Å². The van der Waals surface area contributed by atoms with Gasteiger partial charge in [0, 0.05) is 32.1 Å². The monoisotopic (exact) mass is 499 g/mol. The van der Waals surface area contributed by atoms with Crippen molar-refractivity contribution in [3.8, 4) is 0 Å². The van der Waals surface area contributed by atoms with E-state index in [2.05, 4.69) is 5.32 Å². The van der Waals surface area contributed by atoms with E-state index in [1.807, 2.05) is 6.07 Å². The van der Waals surface area contributed by atoms with Gasteiger partial charge >= 0.3 is 12.2 Å². The Kier molecular flexibility index (Phi) is 8.29. The Labute approximate surface area is 199 Å². The van der Waals surface area contributed by atoms with Gasteiger partial charge in [0.15, 0.2) is 0 Å². The number of nitrogens with zero attached hydrogens (tertiary/aromatic N) is 2. The minimum Gasteiger partial charge on any atom is -0.383 e.